The van der Waals surface area contributed by atoms with Crippen LogP contribution < -0.4 is 10.6 Å². The van der Waals surface area contributed by atoms with Crippen LogP contribution in [-0.2, 0) is 4.79 Å². The number of hydrogen-bond acceptors (Lipinski definition) is 2. The lowest BCUT2D eigenvalue weighted by Crippen LogP contribution is -2.32. The second-order valence-electron chi connectivity index (χ2n) is 5.06. The van der Waals surface area contributed by atoms with Crippen molar-refractivity contribution in [2.45, 2.75) is 39.5 Å². The summed E-state index contributed by atoms with van der Waals surface area (Å²) in [6.07, 6.45) is 4.06. The molecule has 4 heteroatoms. The van der Waals surface area contributed by atoms with Gasteiger partial charge in [-0.3, -0.25) is 4.79 Å². The minimum absolute atomic E-state index is 0.107. The quantitative estimate of drug-likeness (QED) is 0.782. The highest BCUT2D eigenvalue weighted by Gasteiger charge is 2.20. The number of unbranched alkanes of at least 4 members (excludes halogenated alkanes) is 1. The molecule has 0 fully saturated rings. The normalized spacial score (nSPS) is 11.9. The number of carbonyl (C=O) groups excluding carboxylic acids is 1. The van der Waals surface area contributed by atoms with Crippen LogP contribution in [0.3, 0.4) is 0 Å². The van der Waals surface area contributed by atoms with Crippen molar-refractivity contribution in [3.63, 3.8) is 0 Å². The Bertz CT molecular complexity index is 456. The van der Waals surface area contributed by atoms with Crippen molar-refractivity contribution in [3.8, 4) is 0 Å². The number of rotatable bonds is 7. The average molecular weight is 292 g/mol. The van der Waals surface area contributed by atoms with E-state index in [0.29, 0.717) is 4.99 Å². The molecule has 0 aliphatic heterocycles. The van der Waals surface area contributed by atoms with Gasteiger partial charge in [0.25, 0.3) is 0 Å². The molecule has 1 unspecified atom stereocenters. The summed E-state index contributed by atoms with van der Waals surface area (Å²) in [7, 11) is 1.83. The molecule has 1 aromatic carbocycles. The predicted molar refractivity (Wildman–Crippen MR) is 89.0 cm³/mol. The first-order chi connectivity index (χ1) is 9.51. The van der Waals surface area contributed by atoms with E-state index in [2.05, 4.69) is 13.8 Å². The Hall–Kier alpha value is -1.42. The monoisotopic (exact) mass is 292 g/mol. The third-order valence-electron chi connectivity index (χ3n) is 3.62. The molecular weight excluding hydrogens is 268 g/mol. The lowest BCUT2D eigenvalue weighted by molar-refractivity contribution is -0.122. The van der Waals surface area contributed by atoms with E-state index in [4.69, 9.17) is 18.0 Å². The maximum atomic E-state index is 12.5. The molecule has 0 radical (unpaired) electrons. The zero-order valence-electron chi connectivity index (χ0n) is 12.6. The van der Waals surface area contributed by atoms with Crippen molar-refractivity contribution >= 4 is 28.8 Å². The molecule has 0 aliphatic carbocycles. The van der Waals surface area contributed by atoms with Crippen molar-refractivity contribution < 1.29 is 4.79 Å². The van der Waals surface area contributed by atoms with Gasteiger partial charge in [-0.15, -0.1) is 0 Å². The van der Waals surface area contributed by atoms with Gasteiger partial charge in [0.15, 0.2) is 0 Å². The average Bonchev–Trinajstić information content (AvgIpc) is 2.47. The predicted octanol–water partition coefficient (Wildman–Crippen LogP) is 3.50. The third-order valence-corrected chi connectivity index (χ3v) is 3.85. The highest BCUT2D eigenvalue weighted by atomic mass is 32.1. The summed E-state index contributed by atoms with van der Waals surface area (Å²) < 4.78 is 0. The van der Waals surface area contributed by atoms with Crippen LogP contribution in [0.1, 0.15) is 45.1 Å². The van der Waals surface area contributed by atoms with E-state index in [9.17, 15) is 4.79 Å². The first-order valence-corrected chi connectivity index (χ1v) is 7.59. The van der Waals surface area contributed by atoms with E-state index in [1.165, 1.54) is 0 Å². The van der Waals surface area contributed by atoms with E-state index in [0.717, 1.165) is 36.9 Å². The number of nitrogens with two attached hydrogens (primary N) is 1. The van der Waals surface area contributed by atoms with E-state index in [-0.39, 0.29) is 11.8 Å². The van der Waals surface area contributed by atoms with Crippen molar-refractivity contribution in [2.24, 2.45) is 11.7 Å². The summed E-state index contributed by atoms with van der Waals surface area (Å²) in [5.74, 6) is 0.291. The minimum Gasteiger partial charge on any atom is -0.389 e. The number of amides is 1. The Morgan fingerprint density at radius 1 is 1.30 bits per heavy atom. The second-order valence-corrected chi connectivity index (χ2v) is 5.50. The molecular formula is C16H24N2OS. The zero-order valence-corrected chi connectivity index (χ0v) is 13.4. The lowest BCUT2D eigenvalue weighted by Gasteiger charge is -2.23. The van der Waals surface area contributed by atoms with Gasteiger partial charge in [-0.1, -0.05) is 38.9 Å². The molecule has 0 saturated carbocycles. The molecule has 0 spiro atoms. The Balaban J connectivity index is 2.79. The molecule has 0 heterocycles. The Morgan fingerprint density at radius 3 is 2.35 bits per heavy atom. The number of anilines is 1. The van der Waals surface area contributed by atoms with Crippen molar-refractivity contribution in [3.05, 3.63) is 29.8 Å². The number of hydrogen-bond donors (Lipinski definition) is 1. The van der Waals surface area contributed by atoms with Crippen LogP contribution in [0.4, 0.5) is 5.69 Å². The fraction of sp³-hybridized carbons (Fsp3) is 0.500. The number of nitrogens with zero attached hydrogens (tertiary/aromatic N) is 1. The number of carbonyl (C=O) groups is 1. The van der Waals surface area contributed by atoms with Gasteiger partial charge in [-0.05, 0) is 37.1 Å². The molecule has 0 bridgehead atoms. The fourth-order valence-corrected chi connectivity index (χ4v) is 2.34. The molecule has 1 rings (SSSR count). The first kappa shape index (κ1) is 16.6. The maximum absolute atomic E-state index is 12.5. The van der Waals surface area contributed by atoms with E-state index in [1.54, 1.807) is 4.90 Å². The molecule has 1 atom stereocenters. The summed E-state index contributed by atoms with van der Waals surface area (Å²) in [5.41, 5.74) is 7.28. The first-order valence-electron chi connectivity index (χ1n) is 7.18. The summed E-state index contributed by atoms with van der Waals surface area (Å²) in [4.78, 5) is 14.6. The molecule has 0 aromatic heterocycles. The summed E-state index contributed by atoms with van der Waals surface area (Å²) in [5, 5.41) is 0. The van der Waals surface area contributed by atoms with Gasteiger partial charge in [0.1, 0.15) is 4.99 Å². The van der Waals surface area contributed by atoms with E-state index >= 15 is 0 Å². The number of benzene rings is 1. The molecule has 3 nitrogen and oxygen atoms in total. The number of thiocarbonyl (C=S) groups is 1. The molecule has 0 aliphatic rings. The maximum Gasteiger partial charge on any atom is 0.229 e. The van der Waals surface area contributed by atoms with Crippen molar-refractivity contribution in [1.82, 2.24) is 0 Å². The molecule has 20 heavy (non-hydrogen) atoms. The molecule has 0 saturated heterocycles. The van der Waals surface area contributed by atoms with Crippen LogP contribution in [0, 0.1) is 5.92 Å². The van der Waals surface area contributed by atoms with Gasteiger partial charge >= 0.3 is 0 Å². The van der Waals surface area contributed by atoms with Crippen LogP contribution >= 0.6 is 12.2 Å². The summed E-state index contributed by atoms with van der Waals surface area (Å²) in [6, 6.07) is 7.49. The van der Waals surface area contributed by atoms with Gasteiger partial charge < -0.3 is 10.6 Å². The van der Waals surface area contributed by atoms with Crippen LogP contribution in [0.15, 0.2) is 24.3 Å². The lowest BCUT2D eigenvalue weighted by atomic mass is 9.97. The van der Waals surface area contributed by atoms with Crippen molar-refractivity contribution in [1.29, 1.82) is 0 Å². The van der Waals surface area contributed by atoms with E-state index < -0.39 is 0 Å². The molecule has 110 valence electrons. The third kappa shape index (κ3) is 4.30. The van der Waals surface area contributed by atoms with Crippen LogP contribution in [0.2, 0.25) is 0 Å². The smallest absolute Gasteiger partial charge is 0.229 e. The van der Waals surface area contributed by atoms with Gasteiger partial charge in [0.05, 0.1) is 0 Å². The fourth-order valence-electron chi connectivity index (χ4n) is 2.20. The van der Waals surface area contributed by atoms with Gasteiger partial charge in [-0.25, -0.2) is 0 Å². The summed E-state index contributed by atoms with van der Waals surface area (Å²) >= 11 is 4.93. The highest BCUT2D eigenvalue weighted by Crippen LogP contribution is 2.20. The largest absolute Gasteiger partial charge is 0.389 e. The minimum atomic E-state index is 0.107. The molecule has 2 N–H and O–H groups in total. The Morgan fingerprint density at radius 2 is 1.90 bits per heavy atom. The topological polar surface area (TPSA) is 46.3 Å². The Labute approximate surface area is 127 Å². The van der Waals surface area contributed by atoms with Crippen molar-refractivity contribution in [2.75, 3.05) is 11.9 Å². The highest BCUT2D eigenvalue weighted by molar-refractivity contribution is 7.80. The zero-order chi connectivity index (χ0) is 15.1. The van der Waals surface area contributed by atoms with Crippen LogP contribution in [0.25, 0.3) is 0 Å². The SMILES string of the molecule is CCCCC(CC)C(=O)N(C)c1ccc(C(N)=S)cc1. The van der Waals surface area contributed by atoms with Crippen LogP contribution in [-0.4, -0.2) is 17.9 Å². The Kier molecular flexibility index (Phi) is 6.65. The van der Waals surface area contributed by atoms with Crippen LogP contribution in [0.5, 0.6) is 0 Å². The second kappa shape index (κ2) is 8.00. The van der Waals surface area contributed by atoms with Gasteiger partial charge in [-0.2, -0.15) is 0 Å². The van der Waals surface area contributed by atoms with E-state index in [1.807, 2.05) is 31.3 Å². The summed E-state index contributed by atoms with van der Waals surface area (Å²) in [6.45, 7) is 4.22. The van der Waals surface area contributed by atoms with Gasteiger partial charge in [0.2, 0.25) is 5.91 Å². The standard InChI is InChI=1S/C16H24N2OS/c1-4-6-7-12(5-2)16(19)18(3)14-10-8-13(9-11-14)15(17)20/h8-12H,4-7H2,1-3H3,(H2,17,20). The molecule has 1 amide bonds. The molecule has 1 aromatic rings. The van der Waals surface area contributed by atoms with Gasteiger partial charge in [0, 0.05) is 24.2 Å².